The molecule has 0 bridgehead atoms. The molecule has 0 spiro atoms. The lowest BCUT2D eigenvalue weighted by molar-refractivity contribution is -0.151. The van der Waals surface area contributed by atoms with Crippen LogP contribution in [-0.4, -0.2) is 67.1 Å². The Morgan fingerprint density at radius 3 is 2.50 bits per heavy atom. The lowest BCUT2D eigenvalue weighted by atomic mass is 9.73. The van der Waals surface area contributed by atoms with Gasteiger partial charge >= 0.3 is 5.97 Å². The Bertz CT molecular complexity index is 1060. The summed E-state index contributed by atoms with van der Waals surface area (Å²) in [5.41, 5.74) is 0.759. The standard InChI is InChI=1S/C24H35N3O5S2/c1-5-32-23(29)19(22(28)27-10-12-34(30,31)13-11-27)20-17-14-18(33-21(17)26-15(2)25-20)16-6-8-24(3,4)9-7-16/h14,16,19,30-31H,5-13H2,1-4H3. The molecule has 2 aromatic rings. The summed E-state index contributed by atoms with van der Waals surface area (Å²) in [5.74, 6) is -1.03. The molecule has 1 saturated heterocycles. The van der Waals surface area contributed by atoms with Crippen LogP contribution in [-0.2, 0) is 14.3 Å². The molecule has 4 rings (SSSR count). The van der Waals surface area contributed by atoms with Crippen LogP contribution in [0.4, 0.5) is 0 Å². The molecular weight excluding hydrogens is 474 g/mol. The van der Waals surface area contributed by atoms with Crippen molar-refractivity contribution < 1.29 is 23.4 Å². The van der Waals surface area contributed by atoms with E-state index in [1.807, 2.05) is 0 Å². The molecule has 1 aliphatic carbocycles. The third-order valence-corrected chi connectivity index (χ3v) is 9.89. The number of nitrogens with zero attached hydrogens (tertiary/aromatic N) is 3. The Morgan fingerprint density at radius 2 is 1.88 bits per heavy atom. The molecule has 1 aliphatic heterocycles. The van der Waals surface area contributed by atoms with E-state index < -0.39 is 28.4 Å². The van der Waals surface area contributed by atoms with Crippen molar-refractivity contribution in [3.8, 4) is 0 Å². The van der Waals surface area contributed by atoms with Crippen molar-refractivity contribution in [1.29, 1.82) is 0 Å². The van der Waals surface area contributed by atoms with E-state index in [-0.39, 0.29) is 31.2 Å². The van der Waals surface area contributed by atoms with Crippen molar-refractivity contribution in [2.75, 3.05) is 31.2 Å². The zero-order valence-electron chi connectivity index (χ0n) is 20.4. The van der Waals surface area contributed by atoms with E-state index in [0.717, 1.165) is 23.1 Å². The van der Waals surface area contributed by atoms with E-state index in [1.165, 1.54) is 22.6 Å². The van der Waals surface area contributed by atoms with E-state index in [9.17, 15) is 18.7 Å². The average Bonchev–Trinajstić information content (AvgIpc) is 3.17. The molecule has 1 amide bonds. The van der Waals surface area contributed by atoms with E-state index in [0.29, 0.717) is 22.9 Å². The zero-order chi connectivity index (χ0) is 24.7. The fraction of sp³-hybridized carbons (Fsp3) is 0.667. The number of aromatic nitrogens is 2. The Kier molecular flexibility index (Phi) is 7.24. The van der Waals surface area contributed by atoms with Crippen LogP contribution in [0.25, 0.3) is 10.2 Å². The molecular formula is C24H35N3O5S2. The van der Waals surface area contributed by atoms with Gasteiger partial charge in [0.1, 0.15) is 10.7 Å². The maximum absolute atomic E-state index is 13.6. The molecule has 10 heteroatoms. The van der Waals surface area contributed by atoms with E-state index in [4.69, 9.17) is 4.74 Å². The summed E-state index contributed by atoms with van der Waals surface area (Å²) in [6.07, 6.45) is 4.56. The highest BCUT2D eigenvalue weighted by atomic mass is 32.3. The van der Waals surface area contributed by atoms with Crippen molar-refractivity contribution in [3.05, 3.63) is 22.5 Å². The van der Waals surface area contributed by atoms with Crippen LogP contribution in [0, 0.1) is 12.3 Å². The average molecular weight is 510 g/mol. The number of hydrogen-bond acceptors (Lipinski definition) is 8. The second-order valence-corrected chi connectivity index (χ2v) is 13.7. The van der Waals surface area contributed by atoms with Crippen LogP contribution >= 0.6 is 21.9 Å². The van der Waals surface area contributed by atoms with Crippen molar-refractivity contribution in [3.63, 3.8) is 0 Å². The number of carbonyl (C=O) groups is 2. The molecule has 1 saturated carbocycles. The number of carbonyl (C=O) groups excluding carboxylic acids is 2. The first-order valence-corrected chi connectivity index (χ1v) is 14.7. The highest BCUT2D eigenvalue weighted by molar-refractivity contribution is 8.24. The molecule has 34 heavy (non-hydrogen) atoms. The van der Waals surface area contributed by atoms with Crippen LogP contribution in [0.2, 0.25) is 0 Å². The SMILES string of the molecule is CCOC(=O)C(C(=O)N1CCS(O)(O)CC1)c1nc(C)nc2sc(C3CCC(C)(C)CC3)cc12. The van der Waals surface area contributed by atoms with Gasteiger partial charge < -0.3 is 9.64 Å². The van der Waals surface area contributed by atoms with Gasteiger partial charge in [0.05, 0.1) is 23.8 Å². The summed E-state index contributed by atoms with van der Waals surface area (Å²) >= 11 is 1.63. The normalized spacial score (nSPS) is 22.4. The lowest BCUT2D eigenvalue weighted by Gasteiger charge is -2.41. The first kappa shape index (κ1) is 25.3. The fourth-order valence-electron chi connectivity index (χ4n) is 4.86. The number of amides is 1. The number of fused-ring (bicyclic) bond motifs is 1. The molecule has 188 valence electrons. The second kappa shape index (κ2) is 9.72. The van der Waals surface area contributed by atoms with Crippen LogP contribution < -0.4 is 0 Å². The third-order valence-electron chi connectivity index (χ3n) is 7.03. The zero-order valence-corrected chi connectivity index (χ0v) is 22.0. The van der Waals surface area contributed by atoms with Crippen LogP contribution in [0.1, 0.15) is 74.7 Å². The summed E-state index contributed by atoms with van der Waals surface area (Å²) in [6.45, 7) is 8.65. The largest absolute Gasteiger partial charge is 0.465 e. The minimum atomic E-state index is -2.66. The van der Waals surface area contributed by atoms with Crippen molar-refractivity contribution in [2.24, 2.45) is 5.41 Å². The first-order valence-electron chi connectivity index (χ1n) is 12.0. The molecule has 0 aromatic carbocycles. The smallest absolute Gasteiger partial charge is 0.324 e. The number of aryl methyl sites for hydroxylation is 1. The summed E-state index contributed by atoms with van der Waals surface area (Å²) < 4.78 is 25.2. The van der Waals surface area contributed by atoms with E-state index in [1.54, 1.807) is 25.2 Å². The summed E-state index contributed by atoms with van der Waals surface area (Å²) in [5, 5.41) is 0.739. The number of rotatable bonds is 5. The molecule has 1 atom stereocenters. The van der Waals surface area contributed by atoms with Crippen LogP contribution in [0.15, 0.2) is 6.07 Å². The van der Waals surface area contributed by atoms with E-state index >= 15 is 0 Å². The summed E-state index contributed by atoms with van der Waals surface area (Å²) in [7, 11) is -2.66. The van der Waals surface area contributed by atoms with Gasteiger partial charge in [-0.2, -0.15) is 10.6 Å². The quantitative estimate of drug-likeness (QED) is 0.434. The molecule has 8 nitrogen and oxygen atoms in total. The maximum atomic E-state index is 13.6. The Hall–Kier alpha value is -1.75. The van der Waals surface area contributed by atoms with Crippen molar-refractivity contribution in [1.82, 2.24) is 14.9 Å². The summed E-state index contributed by atoms with van der Waals surface area (Å²) in [4.78, 5) is 39.4. The topological polar surface area (TPSA) is 113 Å². The van der Waals surface area contributed by atoms with Crippen LogP contribution in [0.5, 0.6) is 0 Å². The monoisotopic (exact) mass is 509 g/mol. The second-order valence-electron chi connectivity index (χ2n) is 10.2. The molecule has 2 aliphatic rings. The lowest BCUT2D eigenvalue weighted by Crippen LogP contribution is -2.46. The predicted octanol–water partition coefficient (Wildman–Crippen LogP) is 4.92. The molecule has 2 fully saturated rings. The summed E-state index contributed by atoms with van der Waals surface area (Å²) in [6, 6.07) is 2.07. The highest BCUT2D eigenvalue weighted by Crippen LogP contribution is 2.46. The fourth-order valence-corrected chi connectivity index (χ4v) is 7.35. The van der Waals surface area contributed by atoms with Gasteiger partial charge in [-0.15, -0.1) is 11.3 Å². The number of ether oxygens (including phenoxy) is 1. The highest BCUT2D eigenvalue weighted by Gasteiger charge is 2.39. The molecule has 0 radical (unpaired) electrons. The number of hydrogen-bond donors (Lipinski definition) is 2. The molecule has 1 unspecified atom stereocenters. The van der Waals surface area contributed by atoms with Gasteiger partial charge in [0.25, 0.3) is 0 Å². The Balaban J connectivity index is 1.70. The van der Waals surface area contributed by atoms with Gasteiger partial charge in [0.15, 0.2) is 5.92 Å². The predicted molar refractivity (Wildman–Crippen MR) is 136 cm³/mol. The third kappa shape index (κ3) is 5.40. The maximum Gasteiger partial charge on any atom is 0.324 e. The van der Waals surface area contributed by atoms with Gasteiger partial charge in [0, 0.05) is 23.4 Å². The van der Waals surface area contributed by atoms with Crippen molar-refractivity contribution >= 4 is 44.0 Å². The van der Waals surface area contributed by atoms with Gasteiger partial charge in [-0.1, -0.05) is 13.8 Å². The minimum absolute atomic E-state index is 0.118. The Labute approximate surface area is 206 Å². The molecule has 2 N–H and O–H groups in total. The van der Waals surface area contributed by atoms with Crippen LogP contribution in [0.3, 0.4) is 0 Å². The van der Waals surface area contributed by atoms with Gasteiger partial charge in [-0.25, -0.2) is 9.97 Å². The van der Waals surface area contributed by atoms with E-state index in [2.05, 4.69) is 29.9 Å². The first-order chi connectivity index (χ1) is 16.0. The van der Waals surface area contributed by atoms with Gasteiger partial charge in [0.2, 0.25) is 5.91 Å². The van der Waals surface area contributed by atoms with Crippen molar-refractivity contribution in [2.45, 2.75) is 65.2 Å². The molecule has 3 heterocycles. The minimum Gasteiger partial charge on any atom is -0.465 e. The van der Waals surface area contributed by atoms with Gasteiger partial charge in [-0.3, -0.25) is 18.7 Å². The molecule has 2 aromatic heterocycles. The van der Waals surface area contributed by atoms with Gasteiger partial charge in [-0.05, 0) is 56.9 Å². The Morgan fingerprint density at radius 1 is 1.24 bits per heavy atom. The number of thiophene rings is 1. The number of esters is 1.